The number of nitrogens with zero attached hydrogens (tertiary/aromatic N) is 1. The van der Waals surface area contributed by atoms with Crippen LogP contribution in [0.3, 0.4) is 0 Å². The first-order chi connectivity index (χ1) is 9.60. The first-order valence-electron chi connectivity index (χ1n) is 6.89. The molecule has 1 saturated carbocycles. The molecule has 20 heavy (non-hydrogen) atoms. The summed E-state index contributed by atoms with van der Waals surface area (Å²) in [6, 6.07) is 3.56. The number of thioether (sulfide) groups is 1. The summed E-state index contributed by atoms with van der Waals surface area (Å²) in [5.41, 5.74) is 0.416. The van der Waals surface area contributed by atoms with Gasteiger partial charge in [-0.25, -0.2) is 0 Å². The third-order valence-electron chi connectivity index (χ3n) is 3.49. The van der Waals surface area contributed by atoms with Crippen LogP contribution in [0, 0.1) is 0 Å². The van der Waals surface area contributed by atoms with Crippen LogP contribution in [0.15, 0.2) is 18.3 Å². The molecule has 0 radical (unpaired) electrons. The number of aliphatic carboxylic acids is 1. The van der Waals surface area contributed by atoms with Crippen molar-refractivity contribution in [2.75, 3.05) is 5.75 Å². The fourth-order valence-corrected chi connectivity index (χ4v) is 3.76. The molecule has 0 aliphatic heterocycles. The van der Waals surface area contributed by atoms with Crippen LogP contribution in [0.25, 0.3) is 0 Å². The third kappa shape index (κ3) is 3.79. The highest BCUT2D eigenvalue weighted by Gasteiger charge is 2.26. The molecule has 1 aliphatic rings. The Labute approximate surface area is 122 Å². The molecule has 2 unspecified atom stereocenters. The van der Waals surface area contributed by atoms with Gasteiger partial charge in [-0.05, 0) is 37.1 Å². The van der Waals surface area contributed by atoms with Crippen molar-refractivity contribution >= 4 is 23.6 Å². The van der Waals surface area contributed by atoms with Gasteiger partial charge in [0.25, 0.3) is 5.91 Å². The molecule has 2 rings (SSSR count). The van der Waals surface area contributed by atoms with E-state index in [0.717, 1.165) is 25.0 Å². The second-order valence-electron chi connectivity index (χ2n) is 4.98. The lowest BCUT2D eigenvalue weighted by atomic mass is 10.2. The number of rotatable bonds is 6. The SMILES string of the molecule is CCSC1CCC(NC(=O)c2cccn2CC(=O)O)C1. The monoisotopic (exact) mass is 296 g/mol. The molecule has 5 nitrogen and oxygen atoms in total. The Kier molecular flexibility index (Phi) is 5.11. The molecule has 0 aromatic carbocycles. The zero-order chi connectivity index (χ0) is 14.5. The van der Waals surface area contributed by atoms with Crippen molar-refractivity contribution < 1.29 is 14.7 Å². The Hall–Kier alpha value is -1.43. The molecule has 1 aromatic heterocycles. The number of aromatic nitrogens is 1. The summed E-state index contributed by atoms with van der Waals surface area (Å²) in [5.74, 6) is -0.0220. The van der Waals surface area contributed by atoms with E-state index in [1.165, 1.54) is 4.57 Å². The van der Waals surface area contributed by atoms with Gasteiger partial charge in [0.05, 0.1) is 0 Å². The Morgan fingerprint density at radius 2 is 2.30 bits per heavy atom. The average Bonchev–Trinajstić information content (AvgIpc) is 2.98. The van der Waals surface area contributed by atoms with Gasteiger partial charge in [-0.1, -0.05) is 6.92 Å². The largest absolute Gasteiger partial charge is 0.480 e. The topological polar surface area (TPSA) is 71.3 Å². The summed E-state index contributed by atoms with van der Waals surface area (Å²) in [7, 11) is 0. The number of amides is 1. The fourth-order valence-electron chi connectivity index (χ4n) is 2.62. The predicted molar refractivity (Wildman–Crippen MR) is 79.1 cm³/mol. The standard InChI is InChI=1S/C14H20N2O3S/c1-2-20-11-6-5-10(8-11)15-14(19)12-4-3-7-16(12)9-13(17)18/h3-4,7,10-11H,2,5-6,8-9H2,1H3,(H,15,19)(H,17,18). The fraction of sp³-hybridized carbons (Fsp3) is 0.571. The number of carbonyl (C=O) groups excluding carboxylic acids is 1. The molecule has 1 fully saturated rings. The number of carbonyl (C=O) groups is 2. The van der Waals surface area contributed by atoms with Crippen LogP contribution in [0.1, 0.15) is 36.7 Å². The van der Waals surface area contributed by atoms with Gasteiger partial charge in [0.2, 0.25) is 0 Å². The van der Waals surface area contributed by atoms with Gasteiger partial charge in [0, 0.05) is 17.5 Å². The molecule has 1 amide bonds. The molecule has 0 saturated heterocycles. The molecule has 1 aliphatic carbocycles. The molecule has 6 heteroatoms. The Balaban J connectivity index is 1.92. The van der Waals surface area contributed by atoms with Gasteiger partial charge in [0.15, 0.2) is 0 Å². The van der Waals surface area contributed by atoms with Crippen LogP contribution in [-0.2, 0) is 11.3 Å². The van der Waals surface area contributed by atoms with Crippen molar-refractivity contribution in [2.24, 2.45) is 0 Å². The number of hydrogen-bond donors (Lipinski definition) is 2. The smallest absolute Gasteiger partial charge is 0.323 e. The first kappa shape index (κ1) is 15.0. The molecule has 0 spiro atoms. The number of hydrogen-bond acceptors (Lipinski definition) is 3. The lowest BCUT2D eigenvalue weighted by Gasteiger charge is -2.14. The van der Waals surface area contributed by atoms with E-state index in [-0.39, 0.29) is 18.5 Å². The number of carboxylic acids is 1. The van der Waals surface area contributed by atoms with E-state index in [2.05, 4.69) is 12.2 Å². The Bertz CT molecular complexity index is 487. The third-order valence-corrected chi connectivity index (χ3v) is 4.72. The summed E-state index contributed by atoms with van der Waals surface area (Å²) in [4.78, 5) is 22.9. The highest BCUT2D eigenvalue weighted by Crippen LogP contribution is 2.29. The van der Waals surface area contributed by atoms with Crippen molar-refractivity contribution in [3.8, 4) is 0 Å². The molecule has 2 atom stereocenters. The van der Waals surface area contributed by atoms with Crippen molar-refractivity contribution in [1.29, 1.82) is 0 Å². The second kappa shape index (κ2) is 6.83. The quantitative estimate of drug-likeness (QED) is 0.842. The van der Waals surface area contributed by atoms with Crippen molar-refractivity contribution in [3.63, 3.8) is 0 Å². The summed E-state index contributed by atoms with van der Waals surface area (Å²) in [6.07, 6.45) is 4.76. The number of nitrogens with one attached hydrogen (secondary N) is 1. The normalized spacial score (nSPS) is 21.9. The Morgan fingerprint density at radius 3 is 3.00 bits per heavy atom. The summed E-state index contributed by atoms with van der Waals surface area (Å²) in [6.45, 7) is 1.96. The van der Waals surface area contributed by atoms with E-state index in [1.54, 1.807) is 18.3 Å². The second-order valence-corrected chi connectivity index (χ2v) is 6.55. The van der Waals surface area contributed by atoms with E-state index in [1.807, 2.05) is 11.8 Å². The van der Waals surface area contributed by atoms with Gasteiger partial charge >= 0.3 is 5.97 Å². The van der Waals surface area contributed by atoms with E-state index >= 15 is 0 Å². The van der Waals surface area contributed by atoms with E-state index in [9.17, 15) is 9.59 Å². The van der Waals surface area contributed by atoms with E-state index in [4.69, 9.17) is 5.11 Å². The maximum atomic E-state index is 12.2. The molecular weight excluding hydrogens is 276 g/mol. The van der Waals surface area contributed by atoms with Gasteiger partial charge < -0.3 is 15.0 Å². The van der Waals surface area contributed by atoms with Gasteiger partial charge in [-0.15, -0.1) is 0 Å². The van der Waals surface area contributed by atoms with Gasteiger partial charge in [-0.2, -0.15) is 11.8 Å². The van der Waals surface area contributed by atoms with Crippen LogP contribution >= 0.6 is 11.8 Å². The van der Waals surface area contributed by atoms with Crippen molar-refractivity contribution in [3.05, 3.63) is 24.0 Å². The highest BCUT2D eigenvalue weighted by atomic mass is 32.2. The molecule has 1 aromatic rings. The minimum Gasteiger partial charge on any atom is -0.480 e. The molecule has 0 bridgehead atoms. The minimum absolute atomic E-state index is 0.177. The van der Waals surface area contributed by atoms with Gasteiger partial charge in [-0.3, -0.25) is 9.59 Å². The van der Waals surface area contributed by atoms with E-state index < -0.39 is 5.97 Å². The molecule has 1 heterocycles. The maximum absolute atomic E-state index is 12.2. The lowest BCUT2D eigenvalue weighted by Crippen LogP contribution is -2.34. The summed E-state index contributed by atoms with van der Waals surface area (Å²) >= 11 is 1.94. The molecule has 110 valence electrons. The van der Waals surface area contributed by atoms with Crippen molar-refractivity contribution in [1.82, 2.24) is 9.88 Å². The summed E-state index contributed by atoms with van der Waals surface area (Å²) in [5, 5.41) is 12.5. The zero-order valence-corrected chi connectivity index (χ0v) is 12.4. The minimum atomic E-state index is -0.949. The van der Waals surface area contributed by atoms with Crippen LogP contribution in [0.5, 0.6) is 0 Å². The van der Waals surface area contributed by atoms with E-state index in [0.29, 0.717) is 10.9 Å². The summed E-state index contributed by atoms with van der Waals surface area (Å²) < 4.78 is 1.46. The molecule has 2 N–H and O–H groups in total. The van der Waals surface area contributed by atoms with Crippen LogP contribution in [-0.4, -0.2) is 38.6 Å². The van der Waals surface area contributed by atoms with Crippen LogP contribution in [0.2, 0.25) is 0 Å². The zero-order valence-electron chi connectivity index (χ0n) is 11.5. The number of carboxylic acid groups (broad SMARTS) is 1. The lowest BCUT2D eigenvalue weighted by molar-refractivity contribution is -0.137. The average molecular weight is 296 g/mol. The molecular formula is C14H20N2O3S. The Morgan fingerprint density at radius 1 is 1.50 bits per heavy atom. The maximum Gasteiger partial charge on any atom is 0.323 e. The van der Waals surface area contributed by atoms with Crippen molar-refractivity contribution in [2.45, 2.75) is 44.0 Å². The predicted octanol–water partition coefficient (Wildman–Crippen LogP) is 1.98. The highest BCUT2D eigenvalue weighted by molar-refractivity contribution is 7.99. The van der Waals surface area contributed by atoms with Gasteiger partial charge in [0.1, 0.15) is 12.2 Å². The first-order valence-corrected chi connectivity index (χ1v) is 7.94. The van der Waals surface area contributed by atoms with Crippen LogP contribution < -0.4 is 5.32 Å². The van der Waals surface area contributed by atoms with Crippen LogP contribution in [0.4, 0.5) is 0 Å².